The first-order chi connectivity index (χ1) is 10.9. The van der Waals surface area contributed by atoms with Gasteiger partial charge in [-0.25, -0.2) is 0 Å². The Kier molecular flexibility index (Phi) is 6.48. The summed E-state index contributed by atoms with van der Waals surface area (Å²) in [4.78, 5) is 10.9. The van der Waals surface area contributed by atoms with Crippen LogP contribution >= 0.6 is 45.2 Å². The van der Waals surface area contributed by atoms with E-state index in [0.29, 0.717) is 5.75 Å². The summed E-state index contributed by atoms with van der Waals surface area (Å²) in [6.45, 7) is 0. The molecule has 0 unspecified atom stereocenters. The van der Waals surface area contributed by atoms with Gasteiger partial charge in [0.2, 0.25) is 0 Å². The number of rotatable bonds is 6. The highest BCUT2D eigenvalue weighted by atomic mass is 127. The predicted octanol–water partition coefficient (Wildman–Crippen LogP) is 3.65. The van der Waals surface area contributed by atoms with E-state index in [4.69, 9.17) is 20.3 Å². The number of halogens is 2. The Morgan fingerprint density at radius 3 is 2.17 bits per heavy atom. The monoisotopic (exact) mass is 539 g/mol. The zero-order valence-corrected chi connectivity index (χ0v) is 16.6. The number of benzene rings is 2. The molecule has 122 valence electrons. The lowest BCUT2D eigenvalue weighted by molar-refractivity contribution is -0.138. The maximum Gasteiger partial charge on any atom is 0.320 e. The number of carboxylic acid groups (broad SMARTS) is 1. The minimum absolute atomic E-state index is 0.282. The number of methoxy groups -OCH3 is 1. The van der Waals surface area contributed by atoms with Crippen molar-refractivity contribution in [1.29, 1.82) is 0 Å². The molecule has 5 nitrogen and oxygen atoms in total. The molecule has 0 aliphatic carbocycles. The molecule has 2 aromatic carbocycles. The highest BCUT2D eigenvalue weighted by Crippen LogP contribution is 2.33. The van der Waals surface area contributed by atoms with Crippen LogP contribution in [0.15, 0.2) is 36.4 Å². The van der Waals surface area contributed by atoms with Crippen LogP contribution in [-0.2, 0) is 11.2 Å². The molecule has 2 rings (SSSR count). The van der Waals surface area contributed by atoms with Crippen LogP contribution in [0, 0.1) is 7.14 Å². The zero-order chi connectivity index (χ0) is 17.0. The van der Waals surface area contributed by atoms with Crippen molar-refractivity contribution in [3.63, 3.8) is 0 Å². The first-order valence-corrected chi connectivity index (χ1v) is 8.84. The minimum atomic E-state index is -1.01. The van der Waals surface area contributed by atoms with Crippen molar-refractivity contribution in [2.45, 2.75) is 12.5 Å². The molecule has 3 N–H and O–H groups in total. The normalized spacial score (nSPS) is 11.8. The lowest BCUT2D eigenvalue weighted by Gasteiger charge is -2.13. The van der Waals surface area contributed by atoms with Gasteiger partial charge in [-0.3, -0.25) is 4.79 Å². The summed E-state index contributed by atoms with van der Waals surface area (Å²) in [5.41, 5.74) is 6.46. The fourth-order valence-corrected chi connectivity index (χ4v) is 4.05. The summed E-state index contributed by atoms with van der Waals surface area (Å²) in [7, 11) is 1.61. The fraction of sp³-hybridized carbons (Fsp3) is 0.188. The summed E-state index contributed by atoms with van der Waals surface area (Å²) in [6.07, 6.45) is 0.282. The fourth-order valence-electron chi connectivity index (χ4n) is 1.93. The Bertz CT molecular complexity index is 681. The SMILES string of the molecule is COc1ccc(Oc2c(I)cc(C[C@H](N)C(=O)O)cc2I)cc1. The average Bonchev–Trinajstić information content (AvgIpc) is 2.51. The van der Waals surface area contributed by atoms with Gasteiger partial charge in [-0.15, -0.1) is 0 Å². The number of hydrogen-bond donors (Lipinski definition) is 2. The van der Waals surface area contributed by atoms with Crippen LogP contribution in [-0.4, -0.2) is 24.2 Å². The molecule has 0 aromatic heterocycles. The number of carbonyl (C=O) groups is 1. The van der Waals surface area contributed by atoms with Crippen molar-refractivity contribution in [3.8, 4) is 17.2 Å². The third kappa shape index (κ3) is 4.95. The maximum atomic E-state index is 10.9. The number of hydrogen-bond acceptors (Lipinski definition) is 4. The number of nitrogens with two attached hydrogens (primary N) is 1. The Morgan fingerprint density at radius 1 is 1.17 bits per heavy atom. The first-order valence-electron chi connectivity index (χ1n) is 6.69. The predicted molar refractivity (Wildman–Crippen MR) is 104 cm³/mol. The third-order valence-electron chi connectivity index (χ3n) is 3.11. The van der Waals surface area contributed by atoms with Crippen LogP contribution in [0.1, 0.15) is 5.56 Å². The van der Waals surface area contributed by atoms with Gasteiger partial charge >= 0.3 is 5.97 Å². The lowest BCUT2D eigenvalue weighted by Crippen LogP contribution is -2.32. The van der Waals surface area contributed by atoms with Crippen LogP contribution in [0.3, 0.4) is 0 Å². The number of aliphatic carboxylic acids is 1. The number of ether oxygens (including phenoxy) is 2. The van der Waals surface area contributed by atoms with E-state index in [9.17, 15) is 4.79 Å². The van der Waals surface area contributed by atoms with Gasteiger partial charge in [0.15, 0.2) is 5.75 Å². The molecule has 0 spiro atoms. The van der Waals surface area contributed by atoms with Crippen molar-refractivity contribution in [1.82, 2.24) is 0 Å². The summed E-state index contributed by atoms with van der Waals surface area (Å²) in [6, 6.07) is 10.2. The number of carboxylic acids is 1. The van der Waals surface area contributed by atoms with E-state index in [2.05, 4.69) is 45.2 Å². The van der Waals surface area contributed by atoms with Crippen LogP contribution < -0.4 is 15.2 Å². The standard InChI is InChI=1S/C16H15I2NO4/c1-22-10-2-4-11(5-3-10)23-15-12(17)6-9(7-13(15)18)8-14(19)16(20)21/h2-7,14H,8,19H2,1H3,(H,20,21)/t14-/m0/s1. The molecule has 0 bridgehead atoms. The van der Waals surface area contributed by atoms with Gasteiger partial charge in [0.25, 0.3) is 0 Å². The molecule has 1 atom stereocenters. The summed E-state index contributed by atoms with van der Waals surface area (Å²) in [5.74, 6) is 1.20. The Morgan fingerprint density at radius 2 is 1.70 bits per heavy atom. The summed E-state index contributed by atoms with van der Waals surface area (Å²) < 4.78 is 12.9. The third-order valence-corrected chi connectivity index (χ3v) is 4.71. The molecular formula is C16H15I2NO4. The van der Waals surface area contributed by atoms with Gasteiger partial charge in [-0.05, 0) is 93.6 Å². The topological polar surface area (TPSA) is 81.8 Å². The average molecular weight is 539 g/mol. The Hall–Kier alpha value is -1.07. The highest BCUT2D eigenvalue weighted by Gasteiger charge is 2.15. The van der Waals surface area contributed by atoms with E-state index in [1.807, 2.05) is 36.4 Å². The highest BCUT2D eigenvalue weighted by molar-refractivity contribution is 14.1. The van der Waals surface area contributed by atoms with Crippen molar-refractivity contribution >= 4 is 51.2 Å². The minimum Gasteiger partial charge on any atom is -0.497 e. The molecule has 0 heterocycles. The molecule has 7 heteroatoms. The second kappa shape index (κ2) is 8.15. The smallest absolute Gasteiger partial charge is 0.320 e. The molecule has 0 saturated carbocycles. The van der Waals surface area contributed by atoms with Crippen molar-refractivity contribution in [3.05, 3.63) is 49.1 Å². The van der Waals surface area contributed by atoms with Gasteiger partial charge in [0.05, 0.1) is 14.3 Å². The Labute approximate surface area is 161 Å². The summed E-state index contributed by atoms with van der Waals surface area (Å²) >= 11 is 4.35. The van der Waals surface area contributed by atoms with Gasteiger partial charge in [0, 0.05) is 0 Å². The molecule has 0 aliphatic rings. The lowest BCUT2D eigenvalue weighted by atomic mass is 10.1. The van der Waals surface area contributed by atoms with Crippen molar-refractivity contribution in [2.75, 3.05) is 7.11 Å². The molecule has 0 aliphatic heterocycles. The van der Waals surface area contributed by atoms with Crippen LogP contribution in [0.25, 0.3) is 0 Å². The summed E-state index contributed by atoms with van der Waals surface area (Å²) in [5, 5.41) is 8.91. The molecule has 23 heavy (non-hydrogen) atoms. The largest absolute Gasteiger partial charge is 0.497 e. The molecule has 0 saturated heterocycles. The molecule has 0 radical (unpaired) electrons. The zero-order valence-electron chi connectivity index (χ0n) is 12.3. The van der Waals surface area contributed by atoms with E-state index >= 15 is 0 Å². The van der Waals surface area contributed by atoms with Gasteiger partial charge in [-0.1, -0.05) is 0 Å². The van der Waals surface area contributed by atoms with Gasteiger partial charge in [-0.2, -0.15) is 0 Å². The van der Waals surface area contributed by atoms with Gasteiger partial charge in [0.1, 0.15) is 17.5 Å². The second-order valence-corrected chi connectivity index (χ2v) is 7.14. The van der Waals surface area contributed by atoms with Crippen molar-refractivity contribution in [2.24, 2.45) is 5.73 Å². The first kappa shape index (κ1) is 18.3. The molecule has 2 aromatic rings. The van der Waals surface area contributed by atoms with E-state index in [1.165, 1.54) is 0 Å². The molecule has 0 fully saturated rings. The van der Waals surface area contributed by atoms with E-state index < -0.39 is 12.0 Å². The van der Waals surface area contributed by atoms with Crippen LogP contribution in [0.4, 0.5) is 0 Å². The molecule has 0 amide bonds. The molecular weight excluding hydrogens is 524 g/mol. The Balaban J connectivity index is 2.20. The van der Waals surface area contributed by atoms with Gasteiger partial charge < -0.3 is 20.3 Å². The van der Waals surface area contributed by atoms with E-state index in [-0.39, 0.29) is 6.42 Å². The second-order valence-electron chi connectivity index (χ2n) is 4.82. The van der Waals surface area contributed by atoms with E-state index in [0.717, 1.165) is 24.2 Å². The quantitative estimate of drug-likeness (QED) is 0.549. The van der Waals surface area contributed by atoms with Crippen LogP contribution in [0.5, 0.6) is 17.2 Å². The van der Waals surface area contributed by atoms with E-state index in [1.54, 1.807) is 7.11 Å². The van der Waals surface area contributed by atoms with Crippen LogP contribution in [0.2, 0.25) is 0 Å². The maximum absolute atomic E-state index is 10.9. The van der Waals surface area contributed by atoms with Crippen molar-refractivity contribution < 1.29 is 19.4 Å².